The van der Waals surface area contributed by atoms with Crippen molar-refractivity contribution < 1.29 is 13.9 Å². The number of amides is 1. The third-order valence-corrected chi connectivity index (χ3v) is 3.32. The van der Waals surface area contributed by atoms with E-state index in [1.54, 1.807) is 13.0 Å². The number of methoxy groups -OCH3 is 1. The molecule has 6 heteroatoms. The zero-order valence-electron chi connectivity index (χ0n) is 12.5. The Bertz CT molecular complexity index is 855. The van der Waals surface area contributed by atoms with E-state index in [1.165, 1.54) is 7.11 Å². The number of carbonyl (C=O) groups is 1. The van der Waals surface area contributed by atoms with Crippen LogP contribution in [0.1, 0.15) is 21.8 Å². The molecule has 6 nitrogen and oxygen atoms in total. The van der Waals surface area contributed by atoms with Crippen LogP contribution in [0.15, 0.2) is 34.7 Å². The molecule has 1 N–H and O–H groups in total. The maximum Gasteiger partial charge on any atom is 0.294 e. The Balaban J connectivity index is 1.93. The van der Waals surface area contributed by atoms with Crippen LogP contribution >= 0.6 is 0 Å². The number of anilines is 1. The van der Waals surface area contributed by atoms with Crippen molar-refractivity contribution >= 4 is 22.8 Å². The molecule has 0 saturated carbocycles. The third-order valence-electron chi connectivity index (χ3n) is 3.32. The summed E-state index contributed by atoms with van der Waals surface area (Å²) in [7, 11) is 1.51. The van der Waals surface area contributed by atoms with Crippen LogP contribution in [-0.4, -0.2) is 23.0 Å². The van der Waals surface area contributed by atoms with Crippen molar-refractivity contribution in [1.29, 1.82) is 0 Å². The van der Waals surface area contributed by atoms with E-state index in [2.05, 4.69) is 15.3 Å². The monoisotopic (exact) mass is 297 g/mol. The number of para-hydroxylation sites is 1. The molecule has 0 aliphatic rings. The molecule has 0 bridgehead atoms. The van der Waals surface area contributed by atoms with Crippen molar-refractivity contribution in [2.75, 3.05) is 12.4 Å². The van der Waals surface area contributed by atoms with E-state index in [1.807, 2.05) is 31.2 Å². The molecule has 1 aromatic carbocycles. The van der Waals surface area contributed by atoms with E-state index < -0.39 is 0 Å². The molecule has 0 aliphatic carbocycles. The number of benzene rings is 1. The van der Waals surface area contributed by atoms with Crippen molar-refractivity contribution in [3.05, 3.63) is 47.3 Å². The van der Waals surface area contributed by atoms with Crippen LogP contribution in [0.4, 0.5) is 5.95 Å². The number of hydrogen-bond donors (Lipinski definition) is 1. The predicted octanol–water partition coefficient (Wildman–Crippen LogP) is 3.10. The van der Waals surface area contributed by atoms with Gasteiger partial charge >= 0.3 is 0 Å². The Hall–Kier alpha value is -2.89. The van der Waals surface area contributed by atoms with Gasteiger partial charge in [0.2, 0.25) is 11.8 Å². The fraction of sp³-hybridized carbons (Fsp3) is 0.188. The average molecular weight is 297 g/mol. The van der Waals surface area contributed by atoms with Crippen LogP contribution < -0.4 is 10.1 Å². The van der Waals surface area contributed by atoms with Gasteiger partial charge in [0.15, 0.2) is 5.76 Å². The molecule has 0 radical (unpaired) electrons. The fourth-order valence-corrected chi connectivity index (χ4v) is 2.25. The number of hydrogen-bond acceptors (Lipinski definition) is 5. The van der Waals surface area contributed by atoms with Gasteiger partial charge in [-0.05, 0) is 19.9 Å². The highest BCUT2D eigenvalue weighted by molar-refractivity contribution is 6.05. The molecule has 0 spiro atoms. The highest BCUT2D eigenvalue weighted by atomic mass is 16.5. The minimum Gasteiger partial charge on any atom is -0.481 e. The molecule has 112 valence electrons. The van der Waals surface area contributed by atoms with Gasteiger partial charge in [0.1, 0.15) is 5.58 Å². The first kappa shape index (κ1) is 14.1. The van der Waals surface area contributed by atoms with Crippen LogP contribution in [-0.2, 0) is 0 Å². The summed E-state index contributed by atoms with van der Waals surface area (Å²) in [4.78, 5) is 20.7. The van der Waals surface area contributed by atoms with Gasteiger partial charge in [-0.3, -0.25) is 10.1 Å². The van der Waals surface area contributed by atoms with Gasteiger partial charge in [0.05, 0.1) is 7.11 Å². The lowest BCUT2D eigenvalue weighted by molar-refractivity contribution is 0.0997. The molecule has 1 amide bonds. The average Bonchev–Trinajstić information content (AvgIpc) is 2.84. The first-order valence-corrected chi connectivity index (χ1v) is 6.77. The number of nitrogens with zero attached hydrogens (tertiary/aromatic N) is 2. The van der Waals surface area contributed by atoms with Gasteiger partial charge in [-0.2, -0.15) is 4.98 Å². The number of rotatable bonds is 3. The molecular weight excluding hydrogens is 282 g/mol. The molecule has 0 fully saturated rings. The summed E-state index contributed by atoms with van der Waals surface area (Å²) >= 11 is 0. The summed E-state index contributed by atoms with van der Waals surface area (Å²) in [5.74, 6) is 0.442. The standard InChI is InChI=1S/C16H15N3O3/c1-9-8-13(21-3)18-16(17-9)19-15(20)14-10(2)11-6-4-5-7-12(11)22-14/h4-8H,1-3H3,(H,17,18,19,20). The van der Waals surface area contributed by atoms with Gasteiger partial charge in [-0.15, -0.1) is 0 Å². The maximum atomic E-state index is 12.4. The number of aryl methyl sites for hydroxylation is 2. The minimum absolute atomic E-state index is 0.182. The number of carbonyl (C=O) groups excluding carboxylic acids is 1. The second kappa shape index (κ2) is 5.48. The van der Waals surface area contributed by atoms with Crippen LogP contribution in [0.3, 0.4) is 0 Å². The zero-order valence-corrected chi connectivity index (χ0v) is 12.5. The first-order valence-electron chi connectivity index (χ1n) is 6.77. The lowest BCUT2D eigenvalue weighted by Gasteiger charge is -2.05. The number of ether oxygens (including phenoxy) is 1. The zero-order chi connectivity index (χ0) is 15.7. The molecule has 0 unspecified atom stereocenters. The maximum absolute atomic E-state index is 12.4. The second-order valence-electron chi connectivity index (χ2n) is 4.88. The molecule has 0 aliphatic heterocycles. The van der Waals surface area contributed by atoms with Crippen molar-refractivity contribution in [2.24, 2.45) is 0 Å². The number of aromatic nitrogens is 2. The summed E-state index contributed by atoms with van der Waals surface area (Å²) in [6, 6.07) is 9.19. The summed E-state index contributed by atoms with van der Waals surface area (Å²) in [5.41, 5.74) is 2.16. The highest BCUT2D eigenvalue weighted by Crippen LogP contribution is 2.25. The molecule has 3 aromatic rings. The van der Waals surface area contributed by atoms with Crippen molar-refractivity contribution in [2.45, 2.75) is 13.8 Å². The molecule has 22 heavy (non-hydrogen) atoms. The van der Waals surface area contributed by atoms with E-state index in [9.17, 15) is 4.79 Å². The lowest BCUT2D eigenvalue weighted by atomic mass is 10.1. The molecular formula is C16H15N3O3. The smallest absolute Gasteiger partial charge is 0.294 e. The third kappa shape index (κ3) is 2.50. The van der Waals surface area contributed by atoms with Crippen LogP contribution in [0.2, 0.25) is 0 Å². The summed E-state index contributed by atoms with van der Waals surface area (Å²) in [6.07, 6.45) is 0. The van der Waals surface area contributed by atoms with Crippen molar-refractivity contribution in [3.63, 3.8) is 0 Å². The van der Waals surface area contributed by atoms with Crippen molar-refractivity contribution in [3.8, 4) is 5.88 Å². The van der Waals surface area contributed by atoms with Crippen LogP contribution in [0, 0.1) is 13.8 Å². The number of furan rings is 1. The number of nitrogens with one attached hydrogen (secondary N) is 1. The fourth-order valence-electron chi connectivity index (χ4n) is 2.25. The largest absolute Gasteiger partial charge is 0.481 e. The number of fused-ring (bicyclic) bond motifs is 1. The first-order chi connectivity index (χ1) is 10.6. The van der Waals surface area contributed by atoms with Crippen molar-refractivity contribution in [1.82, 2.24) is 9.97 Å². The van der Waals surface area contributed by atoms with Crippen LogP contribution in [0.25, 0.3) is 11.0 Å². The van der Waals surface area contributed by atoms with Gasteiger partial charge in [0, 0.05) is 22.7 Å². The quantitative estimate of drug-likeness (QED) is 0.803. The normalized spacial score (nSPS) is 10.7. The second-order valence-corrected chi connectivity index (χ2v) is 4.88. The molecule has 0 atom stereocenters. The summed E-state index contributed by atoms with van der Waals surface area (Å²) in [5, 5.41) is 3.55. The van der Waals surface area contributed by atoms with Gasteiger partial charge in [0.25, 0.3) is 5.91 Å². The molecule has 3 rings (SSSR count). The molecule has 2 aromatic heterocycles. The highest BCUT2D eigenvalue weighted by Gasteiger charge is 2.18. The summed E-state index contributed by atoms with van der Waals surface area (Å²) < 4.78 is 10.7. The van der Waals surface area contributed by atoms with Gasteiger partial charge in [-0.25, -0.2) is 4.98 Å². The summed E-state index contributed by atoms with van der Waals surface area (Å²) in [6.45, 7) is 3.64. The Morgan fingerprint density at radius 3 is 2.73 bits per heavy atom. The van der Waals surface area contributed by atoms with Crippen LogP contribution in [0.5, 0.6) is 5.88 Å². The van der Waals surface area contributed by atoms with E-state index in [0.29, 0.717) is 17.2 Å². The molecule has 2 heterocycles. The SMILES string of the molecule is COc1cc(C)nc(NC(=O)c2oc3ccccc3c2C)n1. The van der Waals surface area contributed by atoms with Gasteiger partial charge in [-0.1, -0.05) is 18.2 Å². The Labute approximate surface area is 127 Å². The lowest BCUT2D eigenvalue weighted by Crippen LogP contribution is -2.15. The Morgan fingerprint density at radius 2 is 2.00 bits per heavy atom. The van der Waals surface area contributed by atoms with E-state index in [-0.39, 0.29) is 17.6 Å². The van der Waals surface area contributed by atoms with E-state index >= 15 is 0 Å². The van der Waals surface area contributed by atoms with Gasteiger partial charge < -0.3 is 9.15 Å². The Morgan fingerprint density at radius 1 is 1.23 bits per heavy atom. The van der Waals surface area contributed by atoms with E-state index in [0.717, 1.165) is 10.9 Å². The molecule has 0 saturated heterocycles. The predicted molar refractivity (Wildman–Crippen MR) is 82.2 cm³/mol. The Kier molecular flexibility index (Phi) is 3.50. The topological polar surface area (TPSA) is 77.2 Å². The minimum atomic E-state index is -0.388. The van der Waals surface area contributed by atoms with E-state index in [4.69, 9.17) is 9.15 Å².